The number of nitrogen functional groups attached to an aromatic ring is 1. The van der Waals surface area contributed by atoms with Crippen LogP contribution in [0.4, 0.5) is 10.9 Å². The SMILES string of the molecule is Cc1sc(N2CCNC(c3ccccc3)C2)nc1C(=O)c1cccnc1N.[HH]. The van der Waals surface area contributed by atoms with Crippen LogP contribution in [0, 0.1) is 6.92 Å². The first-order valence-electron chi connectivity index (χ1n) is 8.89. The molecule has 0 aliphatic carbocycles. The largest absolute Gasteiger partial charge is 0.383 e. The second-order valence-corrected chi connectivity index (χ2v) is 7.71. The van der Waals surface area contributed by atoms with E-state index in [1.165, 1.54) is 5.56 Å². The predicted octanol–water partition coefficient (Wildman–Crippen LogP) is 3.06. The summed E-state index contributed by atoms with van der Waals surface area (Å²) in [7, 11) is 0. The summed E-state index contributed by atoms with van der Waals surface area (Å²) in [4.78, 5) is 24.7. The van der Waals surface area contributed by atoms with Gasteiger partial charge in [-0.25, -0.2) is 9.97 Å². The average Bonchev–Trinajstić information content (AvgIpc) is 3.10. The van der Waals surface area contributed by atoms with Crippen molar-refractivity contribution in [3.05, 3.63) is 70.4 Å². The van der Waals surface area contributed by atoms with Gasteiger partial charge in [0.15, 0.2) is 5.13 Å². The maximum atomic E-state index is 12.9. The molecule has 2 aromatic heterocycles. The number of aromatic nitrogens is 2. The zero-order valence-corrected chi connectivity index (χ0v) is 15.9. The highest BCUT2D eigenvalue weighted by Gasteiger charge is 2.26. The fourth-order valence-electron chi connectivity index (χ4n) is 3.30. The molecule has 1 aromatic carbocycles. The van der Waals surface area contributed by atoms with Crippen LogP contribution in [0.5, 0.6) is 0 Å². The van der Waals surface area contributed by atoms with E-state index in [0.717, 1.165) is 29.6 Å². The van der Waals surface area contributed by atoms with Crippen molar-refractivity contribution in [3.63, 3.8) is 0 Å². The molecule has 0 radical (unpaired) electrons. The Morgan fingerprint density at radius 2 is 2.11 bits per heavy atom. The van der Waals surface area contributed by atoms with Crippen LogP contribution >= 0.6 is 11.3 Å². The zero-order valence-electron chi connectivity index (χ0n) is 15.1. The van der Waals surface area contributed by atoms with Crippen LogP contribution in [0.2, 0.25) is 0 Å². The van der Waals surface area contributed by atoms with Crippen LogP contribution in [-0.2, 0) is 0 Å². The Kier molecular flexibility index (Phi) is 4.87. The van der Waals surface area contributed by atoms with Crippen LogP contribution in [-0.4, -0.2) is 35.4 Å². The second-order valence-electron chi connectivity index (χ2n) is 6.53. The third kappa shape index (κ3) is 3.56. The Morgan fingerprint density at radius 1 is 1.30 bits per heavy atom. The monoisotopic (exact) mass is 381 g/mol. The van der Waals surface area contributed by atoms with Crippen molar-refractivity contribution in [2.24, 2.45) is 0 Å². The number of hydrogen-bond acceptors (Lipinski definition) is 7. The molecule has 0 bridgehead atoms. The molecule has 0 saturated carbocycles. The molecule has 1 fully saturated rings. The molecule has 1 saturated heterocycles. The molecule has 1 aliphatic rings. The highest BCUT2D eigenvalue weighted by atomic mass is 32.1. The quantitative estimate of drug-likeness (QED) is 0.676. The van der Waals surface area contributed by atoms with E-state index in [-0.39, 0.29) is 19.1 Å². The van der Waals surface area contributed by atoms with Crippen molar-refractivity contribution < 1.29 is 6.22 Å². The molecule has 6 nitrogen and oxygen atoms in total. The molecule has 0 spiro atoms. The lowest BCUT2D eigenvalue weighted by molar-refractivity contribution is 0.103. The number of rotatable bonds is 4. The molecule has 140 valence electrons. The minimum Gasteiger partial charge on any atom is -0.383 e. The van der Waals surface area contributed by atoms with E-state index >= 15 is 0 Å². The Labute approximate surface area is 163 Å². The van der Waals surface area contributed by atoms with Crippen molar-refractivity contribution in [3.8, 4) is 0 Å². The highest BCUT2D eigenvalue weighted by Crippen LogP contribution is 2.30. The summed E-state index contributed by atoms with van der Waals surface area (Å²) < 4.78 is 0. The van der Waals surface area contributed by atoms with E-state index in [1.807, 2.05) is 13.0 Å². The van der Waals surface area contributed by atoms with Gasteiger partial charge in [-0.1, -0.05) is 30.3 Å². The average molecular weight is 382 g/mol. The summed E-state index contributed by atoms with van der Waals surface area (Å²) in [5.41, 5.74) is 7.99. The van der Waals surface area contributed by atoms with Crippen LogP contribution in [0.3, 0.4) is 0 Å². The molecule has 7 heteroatoms. The Morgan fingerprint density at radius 3 is 2.89 bits per heavy atom. The topological polar surface area (TPSA) is 84.1 Å². The third-order valence-electron chi connectivity index (χ3n) is 4.73. The molecule has 4 rings (SSSR count). The molecule has 3 heterocycles. The Hall–Kier alpha value is -2.77. The summed E-state index contributed by atoms with van der Waals surface area (Å²) in [6.45, 7) is 4.48. The van der Waals surface area contributed by atoms with Gasteiger partial charge in [-0.3, -0.25) is 4.79 Å². The van der Waals surface area contributed by atoms with Crippen LogP contribution < -0.4 is 16.0 Å². The number of anilines is 2. The third-order valence-corrected chi connectivity index (χ3v) is 5.76. The van der Waals surface area contributed by atoms with E-state index in [9.17, 15) is 4.79 Å². The number of carbonyl (C=O) groups is 1. The van der Waals surface area contributed by atoms with Gasteiger partial charge < -0.3 is 16.0 Å². The highest BCUT2D eigenvalue weighted by molar-refractivity contribution is 7.15. The molecule has 27 heavy (non-hydrogen) atoms. The van der Waals surface area contributed by atoms with Gasteiger partial charge in [0.05, 0.1) is 5.56 Å². The fourth-order valence-corrected chi connectivity index (χ4v) is 4.24. The number of nitrogens with one attached hydrogen (secondary N) is 1. The van der Waals surface area contributed by atoms with Crippen molar-refractivity contribution in [1.29, 1.82) is 0 Å². The van der Waals surface area contributed by atoms with Gasteiger partial charge in [-0.15, -0.1) is 11.3 Å². The van der Waals surface area contributed by atoms with Gasteiger partial charge in [0.25, 0.3) is 0 Å². The van der Waals surface area contributed by atoms with Gasteiger partial charge in [-0.2, -0.15) is 0 Å². The predicted molar refractivity (Wildman–Crippen MR) is 110 cm³/mol. The van der Waals surface area contributed by atoms with Gasteiger partial charge in [0.1, 0.15) is 11.5 Å². The maximum Gasteiger partial charge on any atom is 0.216 e. The second kappa shape index (κ2) is 7.46. The number of piperazine rings is 1. The lowest BCUT2D eigenvalue weighted by Gasteiger charge is -2.33. The van der Waals surface area contributed by atoms with Crippen LogP contribution in [0.1, 0.15) is 34.0 Å². The summed E-state index contributed by atoms with van der Waals surface area (Å²) >= 11 is 1.55. The molecule has 1 unspecified atom stereocenters. The van der Waals surface area contributed by atoms with E-state index < -0.39 is 0 Å². The number of carbonyl (C=O) groups excluding carboxylic acids is 1. The van der Waals surface area contributed by atoms with E-state index in [0.29, 0.717) is 11.3 Å². The lowest BCUT2D eigenvalue weighted by atomic mass is 10.1. The van der Waals surface area contributed by atoms with E-state index in [1.54, 1.807) is 29.7 Å². The summed E-state index contributed by atoms with van der Waals surface area (Å²) in [6, 6.07) is 14.1. The van der Waals surface area contributed by atoms with Crippen molar-refractivity contribution in [1.82, 2.24) is 15.3 Å². The van der Waals surface area contributed by atoms with Gasteiger partial charge >= 0.3 is 0 Å². The first-order valence-corrected chi connectivity index (χ1v) is 9.71. The first-order chi connectivity index (χ1) is 13.1. The van der Waals surface area contributed by atoms with Gasteiger partial charge in [-0.05, 0) is 24.6 Å². The van der Waals surface area contributed by atoms with Crippen molar-refractivity contribution >= 4 is 28.1 Å². The number of thiazole rings is 1. The molecule has 0 amide bonds. The number of ketones is 1. The Bertz CT molecular complexity index is 962. The number of nitrogens with zero attached hydrogens (tertiary/aromatic N) is 3. The van der Waals surface area contributed by atoms with E-state index in [4.69, 9.17) is 5.73 Å². The lowest BCUT2D eigenvalue weighted by Crippen LogP contribution is -2.45. The van der Waals surface area contributed by atoms with Crippen LogP contribution in [0.25, 0.3) is 0 Å². The number of hydrogen-bond donors (Lipinski definition) is 2. The normalized spacial score (nSPS) is 17.1. The minimum atomic E-state index is -0.171. The molecule has 3 N–H and O–H groups in total. The number of benzene rings is 1. The summed E-state index contributed by atoms with van der Waals surface area (Å²) in [5, 5.41) is 4.43. The zero-order chi connectivity index (χ0) is 18.8. The van der Waals surface area contributed by atoms with Crippen molar-refractivity contribution in [2.45, 2.75) is 13.0 Å². The fraction of sp³-hybridized carbons (Fsp3) is 0.250. The molecular formula is C20H23N5OS. The van der Waals surface area contributed by atoms with Gasteiger partial charge in [0, 0.05) is 38.2 Å². The van der Waals surface area contributed by atoms with Crippen LogP contribution in [0.15, 0.2) is 48.7 Å². The molecule has 3 aromatic rings. The number of aryl methyl sites for hydroxylation is 1. The minimum absolute atomic E-state index is 0. The molecule has 1 aliphatic heterocycles. The first kappa shape index (κ1) is 17.6. The van der Waals surface area contributed by atoms with Crippen molar-refractivity contribution in [2.75, 3.05) is 30.3 Å². The summed E-state index contributed by atoms with van der Waals surface area (Å²) in [6.07, 6.45) is 1.58. The van der Waals surface area contributed by atoms with Gasteiger partial charge in [0.2, 0.25) is 5.78 Å². The standard InChI is InChI=1S/C20H21N5OS.H2/c1-13-17(18(26)15-8-5-9-23-19(15)21)24-20(27-13)25-11-10-22-16(12-25)14-6-3-2-4-7-14;/h2-9,16,22H,10-12H2,1H3,(H2,21,23);1H. The molecule has 1 atom stereocenters. The summed E-state index contributed by atoms with van der Waals surface area (Å²) in [5.74, 6) is 0.0677. The Balaban J connectivity index is 0.00000225. The smallest absolute Gasteiger partial charge is 0.216 e. The number of nitrogens with two attached hydrogens (primary N) is 1. The maximum absolute atomic E-state index is 12.9. The number of pyridine rings is 1. The van der Waals surface area contributed by atoms with E-state index in [2.05, 4.69) is 44.5 Å². The molecular weight excluding hydrogens is 358 g/mol.